The van der Waals surface area contributed by atoms with Crippen LogP contribution < -0.4 is 11.1 Å². The molecule has 3 N–H and O–H groups in total. The molecule has 0 radical (unpaired) electrons. The van der Waals surface area contributed by atoms with Gasteiger partial charge in [-0.3, -0.25) is 4.79 Å². The van der Waals surface area contributed by atoms with E-state index in [1.165, 1.54) is 31.4 Å². The van der Waals surface area contributed by atoms with Crippen LogP contribution in [0.1, 0.15) is 50.5 Å². The number of carbonyl (C=O) groups is 1. The molecule has 116 valence electrons. The largest absolute Gasteiger partial charge is 0.351 e. The lowest BCUT2D eigenvalue weighted by Gasteiger charge is -2.31. The summed E-state index contributed by atoms with van der Waals surface area (Å²) in [7, 11) is 0. The van der Waals surface area contributed by atoms with E-state index in [-0.39, 0.29) is 23.7 Å². The summed E-state index contributed by atoms with van der Waals surface area (Å²) in [4.78, 5) is 12.4. The van der Waals surface area contributed by atoms with E-state index in [1.807, 2.05) is 0 Å². The summed E-state index contributed by atoms with van der Waals surface area (Å²) in [5, 5.41) is 3.07. The molecule has 2 unspecified atom stereocenters. The van der Waals surface area contributed by atoms with Crippen LogP contribution in [0.2, 0.25) is 0 Å². The molecule has 0 bridgehead atoms. The molecule has 1 amide bonds. The van der Waals surface area contributed by atoms with Crippen molar-refractivity contribution < 1.29 is 9.18 Å². The zero-order valence-electron chi connectivity index (χ0n) is 12.6. The number of nitrogens with two attached hydrogens (primary N) is 1. The highest BCUT2D eigenvalue weighted by molar-refractivity contribution is 5.83. The standard InChI is InChI=1S/C17H25FN2O/c1-12(14-8-5-9-15(18)10-14)17(21)20-16(11-19)13-6-3-2-4-7-13/h5,8-10,12-13,16H,2-4,6-7,11,19H2,1H3,(H,20,21). The van der Waals surface area contributed by atoms with Gasteiger partial charge in [-0.05, 0) is 43.4 Å². The summed E-state index contributed by atoms with van der Waals surface area (Å²) in [5.74, 6) is -0.262. The lowest BCUT2D eigenvalue weighted by atomic mass is 9.83. The zero-order chi connectivity index (χ0) is 15.2. The Morgan fingerprint density at radius 1 is 1.38 bits per heavy atom. The number of benzene rings is 1. The number of hydrogen-bond donors (Lipinski definition) is 2. The number of hydrogen-bond acceptors (Lipinski definition) is 2. The molecule has 2 rings (SSSR count). The van der Waals surface area contributed by atoms with Crippen molar-refractivity contribution in [2.45, 2.75) is 51.0 Å². The second-order valence-corrected chi connectivity index (χ2v) is 6.03. The first kappa shape index (κ1) is 16.0. The van der Waals surface area contributed by atoms with Crippen molar-refractivity contribution in [3.05, 3.63) is 35.6 Å². The predicted molar refractivity (Wildman–Crippen MR) is 82.4 cm³/mol. The molecule has 4 heteroatoms. The van der Waals surface area contributed by atoms with Gasteiger partial charge >= 0.3 is 0 Å². The molecule has 1 aliphatic rings. The fourth-order valence-corrected chi connectivity index (χ4v) is 3.14. The van der Waals surface area contributed by atoms with E-state index in [4.69, 9.17) is 5.73 Å². The van der Waals surface area contributed by atoms with Gasteiger partial charge in [-0.1, -0.05) is 31.4 Å². The average Bonchev–Trinajstić information content (AvgIpc) is 2.52. The smallest absolute Gasteiger partial charge is 0.227 e. The quantitative estimate of drug-likeness (QED) is 0.876. The molecule has 0 aromatic heterocycles. The van der Waals surface area contributed by atoms with Crippen LogP contribution >= 0.6 is 0 Å². The van der Waals surface area contributed by atoms with Crippen LogP contribution in [0.3, 0.4) is 0 Å². The molecule has 0 heterocycles. The third-order valence-electron chi connectivity index (χ3n) is 4.54. The Morgan fingerprint density at radius 2 is 2.10 bits per heavy atom. The van der Waals surface area contributed by atoms with Gasteiger partial charge in [0.15, 0.2) is 0 Å². The van der Waals surface area contributed by atoms with Crippen molar-refractivity contribution in [2.24, 2.45) is 11.7 Å². The summed E-state index contributed by atoms with van der Waals surface area (Å²) in [6, 6.07) is 6.26. The van der Waals surface area contributed by atoms with Gasteiger partial charge in [0.1, 0.15) is 5.82 Å². The van der Waals surface area contributed by atoms with Crippen LogP contribution in [0.25, 0.3) is 0 Å². The fourth-order valence-electron chi connectivity index (χ4n) is 3.14. The lowest BCUT2D eigenvalue weighted by molar-refractivity contribution is -0.123. The van der Waals surface area contributed by atoms with E-state index in [1.54, 1.807) is 19.1 Å². The Balaban J connectivity index is 1.98. The van der Waals surface area contributed by atoms with Crippen LogP contribution in [0, 0.1) is 11.7 Å². The molecule has 21 heavy (non-hydrogen) atoms. The maximum atomic E-state index is 13.3. The number of carbonyl (C=O) groups excluding carboxylic acids is 1. The Kier molecular flexibility index (Phi) is 5.74. The minimum Gasteiger partial charge on any atom is -0.351 e. The Bertz CT molecular complexity index is 472. The molecule has 3 nitrogen and oxygen atoms in total. The van der Waals surface area contributed by atoms with Crippen molar-refractivity contribution >= 4 is 5.91 Å². The van der Waals surface area contributed by atoms with E-state index in [0.29, 0.717) is 18.0 Å². The Hall–Kier alpha value is -1.42. The van der Waals surface area contributed by atoms with Gasteiger partial charge in [0.25, 0.3) is 0 Å². The summed E-state index contributed by atoms with van der Waals surface area (Å²) in [6.07, 6.45) is 5.99. The van der Waals surface area contributed by atoms with E-state index < -0.39 is 0 Å². The second kappa shape index (κ2) is 7.55. The van der Waals surface area contributed by atoms with E-state index >= 15 is 0 Å². The van der Waals surface area contributed by atoms with Gasteiger partial charge in [-0.15, -0.1) is 0 Å². The maximum Gasteiger partial charge on any atom is 0.227 e. The first-order valence-corrected chi connectivity index (χ1v) is 7.87. The normalized spacial score (nSPS) is 19.0. The number of halogens is 1. The third-order valence-corrected chi connectivity index (χ3v) is 4.54. The van der Waals surface area contributed by atoms with E-state index in [9.17, 15) is 9.18 Å². The van der Waals surface area contributed by atoms with E-state index in [2.05, 4.69) is 5.32 Å². The third kappa shape index (κ3) is 4.27. The van der Waals surface area contributed by atoms with Gasteiger partial charge < -0.3 is 11.1 Å². The number of nitrogens with one attached hydrogen (secondary N) is 1. The average molecular weight is 292 g/mol. The lowest BCUT2D eigenvalue weighted by Crippen LogP contribution is -2.47. The summed E-state index contributed by atoms with van der Waals surface area (Å²) >= 11 is 0. The number of amides is 1. The highest BCUT2D eigenvalue weighted by Crippen LogP contribution is 2.26. The summed E-state index contributed by atoms with van der Waals surface area (Å²) in [6.45, 7) is 2.27. The summed E-state index contributed by atoms with van der Waals surface area (Å²) in [5.41, 5.74) is 6.54. The molecule has 0 aliphatic heterocycles. The first-order valence-electron chi connectivity index (χ1n) is 7.87. The van der Waals surface area contributed by atoms with Crippen LogP contribution in [-0.4, -0.2) is 18.5 Å². The Morgan fingerprint density at radius 3 is 2.71 bits per heavy atom. The van der Waals surface area contributed by atoms with Crippen LogP contribution in [0.15, 0.2) is 24.3 Å². The molecule has 1 saturated carbocycles. The molecule has 1 aliphatic carbocycles. The predicted octanol–water partition coefficient (Wildman–Crippen LogP) is 2.95. The minimum atomic E-state index is -0.363. The van der Waals surface area contributed by atoms with Crippen molar-refractivity contribution in [1.29, 1.82) is 0 Å². The Labute approximate surface area is 126 Å². The van der Waals surface area contributed by atoms with Gasteiger partial charge in [0.2, 0.25) is 5.91 Å². The molecule has 0 saturated heterocycles. The molecule has 1 aromatic rings. The molecule has 1 aromatic carbocycles. The van der Waals surface area contributed by atoms with Gasteiger partial charge in [-0.2, -0.15) is 0 Å². The minimum absolute atomic E-state index is 0.0359. The monoisotopic (exact) mass is 292 g/mol. The molecular formula is C17H25FN2O. The topological polar surface area (TPSA) is 55.1 Å². The maximum absolute atomic E-state index is 13.3. The first-order chi connectivity index (χ1) is 10.1. The molecular weight excluding hydrogens is 267 g/mol. The highest BCUT2D eigenvalue weighted by atomic mass is 19.1. The van der Waals surface area contributed by atoms with Crippen LogP contribution in [0.4, 0.5) is 4.39 Å². The zero-order valence-corrected chi connectivity index (χ0v) is 12.6. The van der Waals surface area contributed by atoms with Crippen molar-refractivity contribution in [1.82, 2.24) is 5.32 Å². The van der Waals surface area contributed by atoms with Gasteiger partial charge in [0.05, 0.1) is 5.92 Å². The van der Waals surface area contributed by atoms with Crippen LogP contribution in [-0.2, 0) is 4.79 Å². The fraction of sp³-hybridized carbons (Fsp3) is 0.588. The van der Waals surface area contributed by atoms with Crippen LogP contribution in [0.5, 0.6) is 0 Å². The van der Waals surface area contributed by atoms with Gasteiger partial charge in [-0.25, -0.2) is 4.39 Å². The van der Waals surface area contributed by atoms with Crippen molar-refractivity contribution in [2.75, 3.05) is 6.54 Å². The number of rotatable bonds is 5. The molecule has 1 fully saturated rings. The SMILES string of the molecule is CC(C(=O)NC(CN)C1CCCCC1)c1cccc(F)c1. The second-order valence-electron chi connectivity index (χ2n) is 6.03. The van der Waals surface area contributed by atoms with Crippen molar-refractivity contribution in [3.8, 4) is 0 Å². The summed E-state index contributed by atoms with van der Waals surface area (Å²) < 4.78 is 13.3. The highest BCUT2D eigenvalue weighted by Gasteiger charge is 2.26. The molecule has 2 atom stereocenters. The molecule has 0 spiro atoms. The van der Waals surface area contributed by atoms with Crippen molar-refractivity contribution in [3.63, 3.8) is 0 Å². The van der Waals surface area contributed by atoms with Gasteiger partial charge in [0, 0.05) is 12.6 Å². The van der Waals surface area contributed by atoms with E-state index in [0.717, 1.165) is 12.8 Å².